The zero-order valence-electron chi connectivity index (χ0n) is 16.3. The minimum absolute atomic E-state index is 0.215. The lowest BCUT2D eigenvalue weighted by atomic mass is 9.75. The highest BCUT2D eigenvalue weighted by Gasteiger charge is 2.55. The number of benzene rings is 1. The third-order valence-corrected chi connectivity index (χ3v) is 7.10. The first-order chi connectivity index (χ1) is 13.2. The van der Waals surface area contributed by atoms with Gasteiger partial charge in [-0.05, 0) is 63.4 Å². The largest absolute Gasteiger partial charge is 0.454 e. The van der Waals surface area contributed by atoms with Crippen LogP contribution in [0.5, 0.6) is 11.5 Å². The molecule has 0 saturated carbocycles. The van der Waals surface area contributed by atoms with Crippen LogP contribution in [0.4, 0.5) is 4.79 Å². The van der Waals surface area contributed by atoms with Gasteiger partial charge in [0.2, 0.25) is 6.79 Å². The molecule has 0 unspecified atom stereocenters. The Hall–Kier alpha value is -1.95. The molecule has 6 nitrogen and oxygen atoms in total. The molecule has 27 heavy (non-hydrogen) atoms. The summed E-state index contributed by atoms with van der Waals surface area (Å²) in [7, 11) is 0. The van der Waals surface area contributed by atoms with E-state index in [4.69, 9.17) is 9.47 Å². The lowest BCUT2D eigenvalue weighted by Crippen LogP contribution is -2.61. The third-order valence-electron chi connectivity index (χ3n) is 7.10. The lowest BCUT2D eigenvalue weighted by molar-refractivity contribution is -0.000203. The highest BCUT2D eigenvalue weighted by atomic mass is 16.7. The van der Waals surface area contributed by atoms with E-state index in [2.05, 4.69) is 35.8 Å². The molecule has 1 aromatic carbocycles. The van der Waals surface area contributed by atoms with Crippen LogP contribution in [-0.2, 0) is 0 Å². The van der Waals surface area contributed by atoms with Gasteiger partial charge in [0.1, 0.15) is 0 Å². The van der Waals surface area contributed by atoms with Crippen LogP contribution < -0.4 is 9.47 Å². The van der Waals surface area contributed by atoms with Crippen molar-refractivity contribution in [1.29, 1.82) is 0 Å². The molecule has 5 heterocycles. The molecular weight excluding hydrogens is 342 g/mol. The predicted molar refractivity (Wildman–Crippen MR) is 102 cm³/mol. The van der Waals surface area contributed by atoms with Gasteiger partial charge in [0.05, 0.1) is 6.04 Å². The first-order valence-corrected chi connectivity index (χ1v) is 10.4. The van der Waals surface area contributed by atoms with Crippen LogP contribution in [0.1, 0.15) is 38.2 Å². The van der Waals surface area contributed by atoms with Gasteiger partial charge in [-0.3, -0.25) is 4.90 Å². The number of amides is 2. The molecule has 6 heteroatoms. The Kier molecular flexibility index (Phi) is 4.19. The van der Waals surface area contributed by atoms with Crippen molar-refractivity contribution >= 4 is 6.03 Å². The van der Waals surface area contributed by atoms with Crippen molar-refractivity contribution in [1.82, 2.24) is 14.7 Å². The summed E-state index contributed by atoms with van der Waals surface area (Å²) < 4.78 is 11.1. The first-order valence-electron chi connectivity index (χ1n) is 10.4. The maximum atomic E-state index is 13.3. The van der Waals surface area contributed by atoms with E-state index in [9.17, 15) is 4.79 Å². The smallest absolute Gasteiger partial charge is 0.320 e. The summed E-state index contributed by atoms with van der Waals surface area (Å²) in [5, 5.41) is 0. The summed E-state index contributed by atoms with van der Waals surface area (Å²) in [6, 6.07) is 7.32. The molecule has 3 atom stereocenters. The fraction of sp³-hybridized carbons (Fsp3) is 0.667. The maximum Gasteiger partial charge on any atom is 0.320 e. The predicted octanol–water partition coefficient (Wildman–Crippen LogP) is 2.74. The Morgan fingerprint density at radius 2 is 1.85 bits per heavy atom. The van der Waals surface area contributed by atoms with Gasteiger partial charge in [-0.25, -0.2) is 4.79 Å². The second-order valence-corrected chi connectivity index (χ2v) is 8.18. The van der Waals surface area contributed by atoms with Crippen LogP contribution in [-0.4, -0.2) is 72.3 Å². The van der Waals surface area contributed by atoms with Crippen LogP contribution in [0.2, 0.25) is 0 Å². The third kappa shape index (κ3) is 2.60. The molecule has 0 N–H and O–H groups in total. The van der Waals surface area contributed by atoms with Crippen molar-refractivity contribution in [2.24, 2.45) is 5.92 Å². The second-order valence-electron chi connectivity index (χ2n) is 8.18. The van der Waals surface area contributed by atoms with Crippen molar-refractivity contribution in [2.45, 2.75) is 44.7 Å². The average Bonchev–Trinajstić information content (AvgIpc) is 3.35. The van der Waals surface area contributed by atoms with Crippen LogP contribution in [0.25, 0.3) is 0 Å². The van der Waals surface area contributed by atoms with Gasteiger partial charge in [0.15, 0.2) is 11.5 Å². The molecule has 4 fully saturated rings. The molecule has 2 bridgehead atoms. The van der Waals surface area contributed by atoms with E-state index in [1.807, 2.05) is 11.0 Å². The number of rotatable bonds is 3. The topological polar surface area (TPSA) is 45.3 Å². The van der Waals surface area contributed by atoms with Crippen LogP contribution in [0.15, 0.2) is 18.2 Å². The van der Waals surface area contributed by atoms with Crippen LogP contribution in [0.3, 0.4) is 0 Å². The number of fused-ring (bicyclic) bond motifs is 3. The van der Waals surface area contributed by atoms with Gasteiger partial charge in [-0.15, -0.1) is 0 Å². The Bertz CT molecular complexity index is 727. The standard InChI is InChI=1S/C21H29N3O3/c1-3-22(4-2)21(25)24-12-16(15-5-6-17-18(11-15)27-13-26-17)20-19(24)14-7-9-23(20)10-8-14/h5-6,11,14,16,19-20H,3-4,7-10,12-13H2,1-2H3/t16-,19+,20+/m0/s1. The maximum absolute atomic E-state index is 13.3. The van der Waals surface area contributed by atoms with E-state index < -0.39 is 0 Å². The summed E-state index contributed by atoms with van der Waals surface area (Å²) in [6.07, 6.45) is 2.44. The Morgan fingerprint density at radius 3 is 2.59 bits per heavy atom. The van der Waals surface area contributed by atoms with E-state index in [0.717, 1.165) is 31.1 Å². The number of carbonyl (C=O) groups is 1. The van der Waals surface area contributed by atoms with Gasteiger partial charge in [0.25, 0.3) is 0 Å². The molecule has 6 rings (SSSR count). The van der Waals surface area contributed by atoms with Gasteiger partial charge >= 0.3 is 6.03 Å². The van der Waals surface area contributed by atoms with Crippen molar-refractivity contribution < 1.29 is 14.3 Å². The summed E-state index contributed by atoms with van der Waals surface area (Å²) >= 11 is 0. The average molecular weight is 371 g/mol. The number of hydrogen-bond acceptors (Lipinski definition) is 4. The highest BCUT2D eigenvalue weighted by molar-refractivity contribution is 5.76. The van der Waals surface area contributed by atoms with Gasteiger partial charge in [-0.1, -0.05) is 6.07 Å². The number of ether oxygens (including phenoxy) is 2. The number of likely N-dealkylation sites (tertiary alicyclic amines) is 1. The van der Waals surface area contributed by atoms with Crippen molar-refractivity contribution in [3.8, 4) is 11.5 Å². The summed E-state index contributed by atoms with van der Waals surface area (Å²) in [5.74, 6) is 2.65. The normalized spacial score (nSPS) is 33.3. The molecular formula is C21H29N3O3. The van der Waals surface area contributed by atoms with E-state index in [1.165, 1.54) is 31.5 Å². The Balaban J connectivity index is 1.50. The summed E-state index contributed by atoms with van der Waals surface area (Å²) in [5.41, 5.74) is 1.27. The number of urea groups is 1. The lowest BCUT2D eigenvalue weighted by Gasteiger charge is -2.51. The van der Waals surface area contributed by atoms with Crippen molar-refractivity contribution in [2.75, 3.05) is 39.5 Å². The molecule has 146 valence electrons. The molecule has 1 aromatic rings. The molecule has 5 aliphatic heterocycles. The van der Waals surface area contributed by atoms with Crippen LogP contribution >= 0.6 is 0 Å². The fourth-order valence-electron chi connectivity index (χ4n) is 5.75. The van der Waals surface area contributed by atoms with Gasteiger partial charge in [-0.2, -0.15) is 0 Å². The SMILES string of the molecule is CCN(CC)C(=O)N1C[C@@H](c2ccc3c(c2)OCO3)[C@@H]2[C@H]1C1CCN2CC1. The second kappa shape index (κ2) is 6.59. The summed E-state index contributed by atoms with van der Waals surface area (Å²) in [6.45, 7) is 9.12. The quantitative estimate of drug-likeness (QED) is 0.820. The number of piperidine rings is 3. The number of carbonyl (C=O) groups excluding carboxylic acids is 1. The monoisotopic (exact) mass is 371 g/mol. The minimum atomic E-state index is 0.215. The Morgan fingerprint density at radius 1 is 1.11 bits per heavy atom. The van der Waals surface area contributed by atoms with E-state index in [0.29, 0.717) is 30.7 Å². The molecule has 0 radical (unpaired) electrons. The zero-order chi connectivity index (χ0) is 18.5. The minimum Gasteiger partial charge on any atom is -0.454 e. The Labute approximate surface area is 161 Å². The summed E-state index contributed by atoms with van der Waals surface area (Å²) in [4.78, 5) is 20.1. The molecule has 0 aliphatic carbocycles. The van der Waals surface area contributed by atoms with Crippen molar-refractivity contribution in [3.05, 3.63) is 23.8 Å². The zero-order valence-corrected chi connectivity index (χ0v) is 16.3. The van der Waals surface area contributed by atoms with Crippen molar-refractivity contribution in [3.63, 3.8) is 0 Å². The molecule has 0 spiro atoms. The van der Waals surface area contributed by atoms with Crippen LogP contribution in [0, 0.1) is 5.92 Å². The van der Waals surface area contributed by atoms with E-state index >= 15 is 0 Å². The fourth-order valence-corrected chi connectivity index (χ4v) is 5.75. The molecule has 5 aliphatic rings. The molecule has 0 aromatic heterocycles. The highest BCUT2D eigenvalue weighted by Crippen LogP contribution is 2.48. The van der Waals surface area contributed by atoms with Gasteiger partial charge in [0, 0.05) is 31.6 Å². The number of hydrogen-bond donors (Lipinski definition) is 0. The van der Waals surface area contributed by atoms with E-state index in [-0.39, 0.29) is 6.03 Å². The molecule has 4 saturated heterocycles. The number of nitrogens with zero attached hydrogens (tertiary/aromatic N) is 3. The molecule has 2 amide bonds. The van der Waals surface area contributed by atoms with Gasteiger partial charge < -0.3 is 19.3 Å². The van der Waals surface area contributed by atoms with E-state index in [1.54, 1.807) is 0 Å². The first kappa shape index (κ1) is 17.2.